The smallest absolute Gasteiger partial charge is 0.0753 e. The van der Waals surface area contributed by atoms with E-state index in [0.29, 0.717) is 0 Å². The molecule has 0 amide bonds. The van der Waals surface area contributed by atoms with Crippen LogP contribution in [-0.2, 0) is 0 Å². The first-order chi connectivity index (χ1) is 15.9. The van der Waals surface area contributed by atoms with Crippen molar-refractivity contribution in [1.29, 1.82) is 0 Å². The summed E-state index contributed by atoms with van der Waals surface area (Å²) in [5.41, 5.74) is 8.60. The third kappa shape index (κ3) is 4.94. The first kappa shape index (κ1) is 23.4. The van der Waals surface area contributed by atoms with Gasteiger partial charge in [-0.1, -0.05) is 80.1 Å². The number of piperazine rings is 1. The summed E-state index contributed by atoms with van der Waals surface area (Å²) in [5, 5.41) is 1.76. The first-order valence-corrected chi connectivity index (χ1v) is 12.3. The Balaban J connectivity index is 1.56. The van der Waals surface area contributed by atoms with Crippen LogP contribution in [0.25, 0.3) is 27.9 Å². The number of allylic oxidation sites excluding steroid dienone is 1. The molecule has 2 aromatic carbocycles. The largest absolute Gasteiger partial charge is 0.372 e. The predicted molar refractivity (Wildman–Crippen MR) is 143 cm³/mol. The van der Waals surface area contributed by atoms with E-state index >= 15 is 0 Å². The second kappa shape index (κ2) is 10.0. The molecule has 172 valence electrons. The fourth-order valence-electron chi connectivity index (χ4n) is 4.51. The van der Waals surface area contributed by atoms with E-state index < -0.39 is 0 Å². The third-order valence-electron chi connectivity index (χ3n) is 6.74. The average Bonchev–Trinajstić information content (AvgIpc) is 2.84. The lowest BCUT2D eigenvalue weighted by Crippen LogP contribution is -2.44. The zero-order valence-electron chi connectivity index (χ0n) is 20.1. The third-order valence-corrected chi connectivity index (χ3v) is 7.22. The number of aromatic nitrogens is 1. The summed E-state index contributed by atoms with van der Waals surface area (Å²) in [6.45, 7) is 19.0. The van der Waals surface area contributed by atoms with Gasteiger partial charge in [0.05, 0.1) is 16.2 Å². The molecule has 0 aliphatic carbocycles. The van der Waals surface area contributed by atoms with Gasteiger partial charge in [-0.05, 0) is 43.9 Å². The van der Waals surface area contributed by atoms with Crippen molar-refractivity contribution in [2.24, 2.45) is 0 Å². The summed E-state index contributed by atoms with van der Waals surface area (Å²) in [6.07, 6.45) is 3.51. The second-order valence-electron chi connectivity index (χ2n) is 9.09. The van der Waals surface area contributed by atoms with E-state index in [2.05, 4.69) is 79.3 Å². The van der Waals surface area contributed by atoms with Gasteiger partial charge in [0.25, 0.3) is 0 Å². The van der Waals surface area contributed by atoms with Gasteiger partial charge in [-0.3, -0.25) is 0 Å². The fraction of sp³-hybridized carbons (Fsp3) is 0.345. The predicted octanol–water partition coefficient (Wildman–Crippen LogP) is 7.46. The Kier molecular flexibility index (Phi) is 7.09. The number of pyridine rings is 1. The maximum atomic E-state index is 6.79. The highest BCUT2D eigenvalue weighted by molar-refractivity contribution is 6.36. The number of benzene rings is 2. The number of aryl methyl sites for hydroxylation is 1. The van der Waals surface area contributed by atoms with Crippen LogP contribution in [0.3, 0.4) is 0 Å². The Morgan fingerprint density at radius 2 is 1.64 bits per heavy atom. The van der Waals surface area contributed by atoms with Gasteiger partial charge in [0.2, 0.25) is 0 Å². The quantitative estimate of drug-likeness (QED) is 0.365. The summed E-state index contributed by atoms with van der Waals surface area (Å²) in [7, 11) is 0. The van der Waals surface area contributed by atoms with E-state index in [0.717, 1.165) is 76.6 Å². The van der Waals surface area contributed by atoms with Crippen LogP contribution < -0.4 is 0 Å². The number of halogens is 1. The minimum Gasteiger partial charge on any atom is -0.372 e. The van der Waals surface area contributed by atoms with E-state index in [-0.39, 0.29) is 0 Å². The van der Waals surface area contributed by atoms with Crippen LogP contribution in [0.5, 0.6) is 0 Å². The van der Waals surface area contributed by atoms with Crippen LogP contribution in [0.15, 0.2) is 61.3 Å². The van der Waals surface area contributed by atoms with Gasteiger partial charge in [-0.25, -0.2) is 4.98 Å². The molecule has 3 aromatic rings. The maximum Gasteiger partial charge on any atom is 0.0753 e. The highest BCUT2D eigenvalue weighted by atomic mass is 35.5. The zero-order chi connectivity index (χ0) is 23.5. The summed E-state index contributed by atoms with van der Waals surface area (Å²) in [4.78, 5) is 9.83. The Labute approximate surface area is 203 Å². The van der Waals surface area contributed by atoms with Gasteiger partial charge in [0.1, 0.15) is 0 Å². The van der Waals surface area contributed by atoms with Gasteiger partial charge in [-0.15, -0.1) is 0 Å². The lowest BCUT2D eigenvalue weighted by Gasteiger charge is -2.39. The van der Waals surface area contributed by atoms with Crippen molar-refractivity contribution in [1.82, 2.24) is 14.8 Å². The van der Waals surface area contributed by atoms with Crippen LogP contribution in [0, 0.1) is 13.8 Å². The van der Waals surface area contributed by atoms with Crippen LogP contribution in [0.2, 0.25) is 5.02 Å². The number of rotatable bonds is 7. The minimum absolute atomic E-state index is 0.770. The lowest BCUT2D eigenvalue weighted by atomic mass is 10.0. The van der Waals surface area contributed by atoms with Crippen molar-refractivity contribution >= 4 is 28.2 Å². The van der Waals surface area contributed by atoms with Crippen molar-refractivity contribution < 1.29 is 0 Å². The normalized spacial score (nSPS) is 14.1. The van der Waals surface area contributed by atoms with Crippen molar-refractivity contribution in [3.8, 4) is 11.3 Å². The molecule has 3 nitrogen and oxygen atoms in total. The molecule has 33 heavy (non-hydrogen) atoms. The second-order valence-corrected chi connectivity index (χ2v) is 9.47. The fourth-order valence-corrected chi connectivity index (χ4v) is 4.76. The number of fused-ring (bicyclic) bond motifs is 1. The highest BCUT2D eigenvalue weighted by Crippen LogP contribution is 2.34. The molecule has 0 unspecified atom stereocenters. The first-order valence-electron chi connectivity index (χ1n) is 11.9. The number of hydrogen-bond acceptors (Lipinski definition) is 3. The molecule has 1 fully saturated rings. The van der Waals surface area contributed by atoms with Gasteiger partial charge < -0.3 is 9.80 Å². The highest BCUT2D eigenvalue weighted by Gasteiger charge is 2.20. The molecule has 1 saturated heterocycles. The molecular formula is C29H34ClN3. The molecule has 4 heteroatoms. The van der Waals surface area contributed by atoms with Crippen molar-refractivity contribution in [2.75, 3.05) is 26.2 Å². The van der Waals surface area contributed by atoms with E-state index in [9.17, 15) is 0 Å². The molecule has 0 bridgehead atoms. The van der Waals surface area contributed by atoms with E-state index in [1.165, 1.54) is 24.1 Å². The number of unbranched alkanes of at least 4 members (excludes halogenated alkanes) is 1. The Hall–Kier alpha value is -2.78. The van der Waals surface area contributed by atoms with E-state index in [4.69, 9.17) is 16.6 Å². The molecular weight excluding hydrogens is 426 g/mol. The summed E-state index contributed by atoms with van der Waals surface area (Å²) in [6, 6.07) is 14.8. The standard InChI is InChI=1S/C29H34ClN3/c1-6-7-8-21(3)32-15-17-33(18-16-32)23(5)25-13-14-26-27(19-25)31-29(22(4)28(26)30)24-11-9-20(2)10-12-24/h9-14,19H,3,5-8,15-18H2,1-2,4H3. The number of nitrogens with zero attached hydrogens (tertiary/aromatic N) is 3. The number of hydrogen-bond donors (Lipinski definition) is 0. The zero-order valence-corrected chi connectivity index (χ0v) is 20.9. The molecule has 0 atom stereocenters. The average molecular weight is 460 g/mol. The molecule has 0 spiro atoms. The molecule has 0 radical (unpaired) electrons. The molecule has 0 N–H and O–H groups in total. The Morgan fingerprint density at radius 3 is 2.30 bits per heavy atom. The van der Waals surface area contributed by atoms with Crippen LogP contribution in [0.4, 0.5) is 0 Å². The molecule has 4 rings (SSSR count). The summed E-state index contributed by atoms with van der Waals surface area (Å²) in [5.74, 6) is 0. The summed E-state index contributed by atoms with van der Waals surface area (Å²) < 4.78 is 0. The molecule has 1 aliphatic heterocycles. The maximum absolute atomic E-state index is 6.79. The van der Waals surface area contributed by atoms with Crippen LogP contribution in [0.1, 0.15) is 42.9 Å². The molecule has 1 aliphatic rings. The van der Waals surface area contributed by atoms with Gasteiger partial charge in [0, 0.05) is 48.5 Å². The van der Waals surface area contributed by atoms with Crippen LogP contribution in [-0.4, -0.2) is 41.0 Å². The topological polar surface area (TPSA) is 19.4 Å². The van der Waals surface area contributed by atoms with E-state index in [1.54, 1.807) is 0 Å². The van der Waals surface area contributed by atoms with Crippen LogP contribution >= 0.6 is 11.6 Å². The van der Waals surface area contributed by atoms with E-state index in [1.807, 2.05) is 6.92 Å². The molecule has 2 heterocycles. The van der Waals surface area contributed by atoms with Crippen molar-refractivity contribution in [3.63, 3.8) is 0 Å². The minimum atomic E-state index is 0.770. The Morgan fingerprint density at radius 1 is 0.970 bits per heavy atom. The Bertz CT molecular complexity index is 1170. The monoisotopic (exact) mass is 459 g/mol. The molecule has 0 saturated carbocycles. The van der Waals surface area contributed by atoms with Crippen molar-refractivity contribution in [3.05, 3.63) is 83.0 Å². The van der Waals surface area contributed by atoms with Crippen molar-refractivity contribution in [2.45, 2.75) is 40.0 Å². The van der Waals surface area contributed by atoms with Gasteiger partial charge in [0.15, 0.2) is 0 Å². The SMILES string of the molecule is C=C(CCCC)N1CCN(C(=C)c2ccc3c(Cl)c(C)c(-c4ccc(C)cc4)nc3c2)CC1. The molecule has 1 aromatic heterocycles. The van der Waals surface area contributed by atoms with Gasteiger partial charge in [-0.2, -0.15) is 0 Å². The van der Waals surface area contributed by atoms with Gasteiger partial charge >= 0.3 is 0 Å². The lowest BCUT2D eigenvalue weighted by molar-refractivity contribution is 0.209. The summed E-state index contributed by atoms with van der Waals surface area (Å²) >= 11 is 6.79.